The highest BCUT2D eigenvalue weighted by Gasteiger charge is 2.52. The van der Waals surface area contributed by atoms with Crippen LogP contribution >= 0.6 is 0 Å². The third-order valence-electron chi connectivity index (χ3n) is 4.99. The highest BCUT2D eigenvalue weighted by atomic mass is 19.1. The number of hydrogen-bond acceptors (Lipinski definition) is 4. The van der Waals surface area contributed by atoms with Crippen molar-refractivity contribution in [3.8, 4) is 5.75 Å². The normalized spacial score (nSPS) is 24.0. The Morgan fingerprint density at radius 2 is 1.96 bits per heavy atom. The van der Waals surface area contributed by atoms with Crippen LogP contribution in [0.3, 0.4) is 0 Å². The van der Waals surface area contributed by atoms with Gasteiger partial charge in [-0.2, -0.15) is 0 Å². The second-order valence-corrected chi connectivity index (χ2v) is 6.38. The van der Waals surface area contributed by atoms with Crippen LogP contribution in [0.25, 0.3) is 0 Å². The highest BCUT2D eigenvalue weighted by Crippen LogP contribution is 2.39. The van der Waals surface area contributed by atoms with Crippen LogP contribution in [0.2, 0.25) is 0 Å². The molecule has 3 rings (SSSR count). The minimum atomic E-state index is -0.936. The van der Waals surface area contributed by atoms with Gasteiger partial charge < -0.3 is 20.0 Å². The Morgan fingerprint density at radius 3 is 2.62 bits per heavy atom. The summed E-state index contributed by atoms with van der Waals surface area (Å²) < 4.78 is 14.1. The second kappa shape index (κ2) is 6.39. The van der Waals surface area contributed by atoms with Gasteiger partial charge in [0, 0.05) is 25.7 Å². The van der Waals surface area contributed by atoms with E-state index >= 15 is 0 Å². The highest BCUT2D eigenvalue weighted by molar-refractivity contribution is 6.00. The van der Waals surface area contributed by atoms with Gasteiger partial charge in [0.15, 0.2) is 0 Å². The molecule has 2 amide bonds. The third kappa shape index (κ3) is 2.62. The topological polar surface area (TPSA) is 81.1 Å². The number of β-amino-alcohol motifs (C(OH)–C–C–N with tert-alkyl or cyclic N) is 1. The Balaban J connectivity index is 1.92. The van der Waals surface area contributed by atoms with E-state index in [0.717, 1.165) is 12.5 Å². The van der Waals surface area contributed by atoms with Gasteiger partial charge in [0.05, 0.1) is 12.2 Å². The molecule has 2 saturated heterocycles. The summed E-state index contributed by atoms with van der Waals surface area (Å²) >= 11 is 0. The Bertz CT molecular complexity index is 664. The van der Waals surface area contributed by atoms with E-state index in [4.69, 9.17) is 5.11 Å². The Labute approximate surface area is 139 Å². The number of carbonyl (C=O) groups is 2. The predicted molar refractivity (Wildman–Crippen MR) is 84.0 cm³/mol. The third-order valence-corrected chi connectivity index (χ3v) is 4.99. The number of aliphatic hydroxyl groups excluding tert-OH is 1. The van der Waals surface area contributed by atoms with Gasteiger partial charge in [-0.1, -0.05) is 0 Å². The summed E-state index contributed by atoms with van der Waals surface area (Å²) in [5.41, 5.74) is -1.07. The molecule has 7 heteroatoms. The molecule has 0 bridgehead atoms. The smallest absolute Gasteiger partial charge is 0.257 e. The van der Waals surface area contributed by atoms with Crippen molar-refractivity contribution >= 4 is 11.8 Å². The molecule has 130 valence electrons. The number of hydrogen-bond donors (Lipinski definition) is 2. The van der Waals surface area contributed by atoms with Crippen LogP contribution in [0.4, 0.5) is 4.39 Å². The lowest BCUT2D eigenvalue weighted by atomic mass is 9.85. The molecule has 2 aliphatic rings. The number of rotatable bonds is 3. The molecule has 2 heterocycles. The molecule has 1 atom stereocenters. The van der Waals surface area contributed by atoms with E-state index in [9.17, 15) is 19.1 Å². The fourth-order valence-corrected chi connectivity index (χ4v) is 3.88. The SMILES string of the molecule is O=C(c1ccc(O)cc1F)N1CCCC12CCCN(CCO)C2=O. The zero-order valence-electron chi connectivity index (χ0n) is 13.4. The van der Waals surface area contributed by atoms with Crippen molar-refractivity contribution in [1.82, 2.24) is 9.80 Å². The first-order valence-corrected chi connectivity index (χ1v) is 8.20. The maximum Gasteiger partial charge on any atom is 0.257 e. The van der Waals surface area contributed by atoms with Gasteiger partial charge in [0.2, 0.25) is 5.91 Å². The number of likely N-dealkylation sites (tertiary alicyclic amines) is 2. The summed E-state index contributed by atoms with van der Waals surface area (Å²) in [4.78, 5) is 28.8. The van der Waals surface area contributed by atoms with Gasteiger partial charge in [-0.3, -0.25) is 9.59 Å². The number of phenols is 1. The summed E-state index contributed by atoms with van der Waals surface area (Å²) in [7, 11) is 0. The molecule has 2 aliphatic heterocycles. The molecule has 0 saturated carbocycles. The summed E-state index contributed by atoms with van der Waals surface area (Å²) in [6, 6.07) is 3.41. The van der Waals surface area contributed by atoms with E-state index < -0.39 is 17.3 Å². The number of piperidine rings is 1. The van der Waals surface area contributed by atoms with E-state index in [1.807, 2.05) is 0 Å². The Morgan fingerprint density at radius 1 is 1.25 bits per heavy atom. The quantitative estimate of drug-likeness (QED) is 0.867. The van der Waals surface area contributed by atoms with Crippen LogP contribution in [0, 0.1) is 5.82 Å². The van der Waals surface area contributed by atoms with E-state index in [-0.39, 0.29) is 30.4 Å². The number of benzene rings is 1. The molecule has 0 aliphatic carbocycles. The molecular formula is C17H21FN2O4. The second-order valence-electron chi connectivity index (χ2n) is 6.38. The van der Waals surface area contributed by atoms with Crippen molar-refractivity contribution in [1.29, 1.82) is 0 Å². The fourth-order valence-electron chi connectivity index (χ4n) is 3.88. The molecule has 2 fully saturated rings. The van der Waals surface area contributed by atoms with E-state index in [1.54, 1.807) is 4.90 Å². The van der Waals surface area contributed by atoms with Crippen molar-refractivity contribution in [2.75, 3.05) is 26.2 Å². The molecule has 24 heavy (non-hydrogen) atoms. The van der Waals surface area contributed by atoms with Crippen LogP contribution in [-0.2, 0) is 4.79 Å². The van der Waals surface area contributed by atoms with Crippen molar-refractivity contribution in [2.45, 2.75) is 31.2 Å². The number of phenolic OH excluding ortho intramolecular Hbond substituents is 1. The molecule has 1 unspecified atom stereocenters. The monoisotopic (exact) mass is 336 g/mol. The minimum absolute atomic E-state index is 0.123. The number of nitrogens with zero attached hydrogens (tertiary/aromatic N) is 2. The first-order chi connectivity index (χ1) is 11.5. The number of aliphatic hydroxyl groups is 1. The first kappa shape index (κ1) is 16.7. The Hall–Kier alpha value is -2.15. The molecule has 0 radical (unpaired) electrons. The lowest BCUT2D eigenvalue weighted by molar-refractivity contribution is -0.146. The van der Waals surface area contributed by atoms with Crippen molar-refractivity contribution in [3.63, 3.8) is 0 Å². The lowest BCUT2D eigenvalue weighted by Gasteiger charge is -2.44. The molecule has 6 nitrogen and oxygen atoms in total. The molecule has 1 aromatic carbocycles. The van der Waals surface area contributed by atoms with E-state index in [0.29, 0.717) is 32.4 Å². The number of aromatic hydroxyl groups is 1. The van der Waals surface area contributed by atoms with Crippen molar-refractivity contribution < 1.29 is 24.2 Å². The van der Waals surface area contributed by atoms with Crippen molar-refractivity contribution in [2.24, 2.45) is 0 Å². The van der Waals surface area contributed by atoms with Gasteiger partial charge in [-0.25, -0.2) is 4.39 Å². The standard InChI is InChI=1S/C17H21FN2O4/c18-14-11-12(22)3-4-13(14)15(23)20-8-2-6-17(20)5-1-7-19(9-10-21)16(17)24/h3-4,11,21-22H,1-2,5-10H2. The number of halogens is 1. The van der Waals surface area contributed by atoms with Crippen LogP contribution < -0.4 is 0 Å². The minimum Gasteiger partial charge on any atom is -0.508 e. The van der Waals surface area contributed by atoms with Gasteiger partial charge >= 0.3 is 0 Å². The summed E-state index contributed by atoms with van der Waals surface area (Å²) in [5, 5.41) is 18.4. The maximum absolute atomic E-state index is 14.1. The average molecular weight is 336 g/mol. The zero-order chi connectivity index (χ0) is 17.3. The van der Waals surface area contributed by atoms with E-state index in [1.165, 1.54) is 17.0 Å². The van der Waals surface area contributed by atoms with Gasteiger partial charge in [0.25, 0.3) is 5.91 Å². The van der Waals surface area contributed by atoms with Crippen LogP contribution in [0.5, 0.6) is 5.75 Å². The maximum atomic E-state index is 14.1. The average Bonchev–Trinajstić information content (AvgIpc) is 2.96. The fraction of sp³-hybridized carbons (Fsp3) is 0.529. The Kier molecular flexibility index (Phi) is 4.45. The molecule has 1 spiro atoms. The van der Waals surface area contributed by atoms with Gasteiger partial charge in [-0.05, 0) is 37.8 Å². The lowest BCUT2D eigenvalue weighted by Crippen LogP contribution is -2.61. The van der Waals surface area contributed by atoms with Crippen LogP contribution in [-0.4, -0.2) is 63.6 Å². The first-order valence-electron chi connectivity index (χ1n) is 8.20. The summed E-state index contributed by atoms with van der Waals surface area (Å²) in [5.74, 6) is -1.72. The van der Waals surface area contributed by atoms with Crippen LogP contribution in [0.15, 0.2) is 18.2 Å². The van der Waals surface area contributed by atoms with Crippen molar-refractivity contribution in [3.05, 3.63) is 29.6 Å². The van der Waals surface area contributed by atoms with Gasteiger partial charge in [-0.15, -0.1) is 0 Å². The number of carbonyl (C=O) groups excluding carboxylic acids is 2. The predicted octanol–water partition coefficient (Wildman–Crippen LogP) is 1.12. The summed E-state index contributed by atoms with van der Waals surface area (Å²) in [6.07, 6.45) is 2.54. The molecule has 0 aromatic heterocycles. The summed E-state index contributed by atoms with van der Waals surface area (Å²) in [6.45, 7) is 1.09. The van der Waals surface area contributed by atoms with E-state index in [2.05, 4.69) is 0 Å². The zero-order valence-corrected chi connectivity index (χ0v) is 13.4. The molecule has 1 aromatic rings. The van der Waals surface area contributed by atoms with Gasteiger partial charge in [0.1, 0.15) is 17.1 Å². The van der Waals surface area contributed by atoms with Crippen LogP contribution in [0.1, 0.15) is 36.0 Å². The largest absolute Gasteiger partial charge is 0.508 e. The molecular weight excluding hydrogens is 315 g/mol. The number of amides is 2. The molecule has 2 N–H and O–H groups in total.